The van der Waals surface area contributed by atoms with Crippen molar-refractivity contribution in [1.29, 1.82) is 0 Å². The lowest BCUT2D eigenvalue weighted by Gasteiger charge is -2.00. The van der Waals surface area contributed by atoms with E-state index in [4.69, 9.17) is 5.73 Å². The lowest BCUT2D eigenvalue weighted by Crippen LogP contribution is -1.96. The van der Waals surface area contributed by atoms with Gasteiger partial charge in [0.1, 0.15) is 0 Å². The summed E-state index contributed by atoms with van der Waals surface area (Å²) in [5.74, 6) is -0.672. The smallest absolute Gasteiger partial charge is 0.157 e. The first-order valence-corrected chi connectivity index (χ1v) is 3.64. The fraction of sp³-hybridized carbons (Fsp3) is 0. The van der Waals surface area contributed by atoms with Crippen LogP contribution in [0.5, 0.6) is 0 Å². The summed E-state index contributed by atoms with van der Waals surface area (Å²) < 4.78 is 13.3. The first-order valence-electron chi connectivity index (χ1n) is 2.85. The Balaban J connectivity index is 3.40. The van der Waals surface area contributed by atoms with E-state index in [1.807, 2.05) is 0 Å². The van der Waals surface area contributed by atoms with E-state index in [1.54, 1.807) is 0 Å². The molecule has 2 N–H and O–H groups in total. The number of aldehydes is 1. The molecule has 11 heavy (non-hydrogen) atoms. The van der Waals surface area contributed by atoms with E-state index in [2.05, 4.69) is 15.9 Å². The van der Waals surface area contributed by atoms with E-state index < -0.39 is 5.82 Å². The van der Waals surface area contributed by atoms with E-state index in [0.29, 0.717) is 10.8 Å². The number of carbonyl (C=O) groups is 1. The van der Waals surface area contributed by atoms with Crippen LogP contribution in [-0.2, 0) is 0 Å². The van der Waals surface area contributed by atoms with Crippen LogP contribution < -0.4 is 5.73 Å². The fourth-order valence-electron chi connectivity index (χ4n) is 0.694. The van der Waals surface area contributed by atoms with Gasteiger partial charge in [-0.15, -0.1) is 0 Å². The van der Waals surface area contributed by atoms with Crippen molar-refractivity contribution < 1.29 is 9.18 Å². The van der Waals surface area contributed by atoms with Crippen LogP contribution in [0.4, 0.5) is 10.1 Å². The number of benzene rings is 1. The molecule has 0 aromatic heterocycles. The van der Waals surface area contributed by atoms with Gasteiger partial charge in [0.15, 0.2) is 12.1 Å². The number of rotatable bonds is 1. The van der Waals surface area contributed by atoms with E-state index in [0.717, 1.165) is 0 Å². The van der Waals surface area contributed by atoms with Gasteiger partial charge in [-0.25, -0.2) is 4.39 Å². The Morgan fingerprint density at radius 3 is 2.64 bits per heavy atom. The van der Waals surface area contributed by atoms with Gasteiger partial charge in [0.2, 0.25) is 0 Å². The summed E-state index contributed by atoms with van der Waals surface area (Å²) in [5, 5.41) is 0. The summed E-state index contributed by atoms with van der Waals surface area (Å²) in [7, 11) is 0. The molecule has 0 fully saturated rings. The van der Waals surface area contributed by atoms with Crippen molar-refractivity contribution in [2.75, 3.05) is 5.73 Å². The highest BCUT2D eigenvalue weighted by Crippen LogP contribution is 2.22. The molecule has 0 atom stereocenters. The summed E-state index contributed by atoms with van der Waals surface area (Å²) in [4.78, 5) is 10.3. The molecule has 0 saturated heterocycles. The van der Waals surface area contributed by atoms with Crippen LogP contribution in [0.2, 0.25) is 0 Å². The number of carbonyl (C=O) groups excluding carboxylic acids is 1. The number of halogens is 2. The highest BCUT2D eigenvalue weighted by Gasteiger charge is 2.07. The molecule has 1 aromatic carbocycles. The standard InChI is InChI=1S/C7H5BrFNO/c8-5-1-2-6(10)7(9)4(5)3-11/h1-3H,10H2. The van der Waals surface area contributed by atoms with Crippen molar-refractivity contribution in [3.05, 3.63) is 28.0 Å². The minimum atomic E-state index is -0.672. The van der Waals surface area contributed by atoms with E-state index in [9.17, 15) is 9.18 Å². The van der Waals surface area contributed by atoms with Gasteiger partial charge in [0, 0.05) is 4.47 Å². The minimum absolute atomic E-state index is 0.0182. The van der Waals surface area contributed by atoms with Gasteiger partial charge in [-0.2, -0.15) is 0 Å². The van der Waals surface area contributed by atoms with E-state index in [-0.39, 0.29) is 11.3 Å². The molecular weight excluding hydrogens is 213 g/mol. The highest BCUT2D eigenvalue weighted by molar-refractivity contribution is 9.10. The van der Waals surface area contributed by atoms with Crippen LogP contribution in [0, 0.1) is 5.82 Å². The van der Waals surface area contributed by atoms with Gasteiger partial charge in [-0.05, 0) is 28.1 Å². The van der Waals surface area contributed by atoms with Gasteiger partial charge in [-0.1, -0.05) is 0 Å². The molecule has 0 aliphatic carbocycles. The largest absolute Gasteiger partial charge is 0.396 e. The van der Waals surface area contributed by atoms with Gasteiger partial charge >= 0.3 is 0 Å². The number of nitrogen functional groups attached to an aromatic ring is 1. The third-order valence-electron chi connectivity index (χ3n) is 1.27. The highest BCUT2D eigenvalue weighted by atomic mass is 79.9. The zero-order valence-corrected chi connectivity index (χ0v) is 7.06. The van der Waals surface area contributed by atoms with Gasteiger partial charge in [-0.3, -0.25) is 4.79 Å². The third-order valence-corrected chi connectivity index (χ3v) is 1.97. The third kappa shape index (κ3) is 1.40. The molecule has 0 aliphatic rings. The Bertz CT molecular complexity index is 301. The van der Waals surface area contributed by atoms with Gasteiger partial charge in [0.05, 0.1) is 11.3 Å². The summed E-state index contributed by atoms with van der Waals surface area (Å²) in [6.45, 7) is 0. The van der Waals surface area contributed by atoms with Crippen LogP contribution in [0.25, 0.3) is 0 Å². The van der Waals surface area contributed by atoms with E-state index >= 15 is 0 Å². The van der Waals surface area contributed by atoms with Gasteiger partial charge in [0.25, 0.3) is 0 Å². The predicted molar refractivity (Wildman–Crippen MR) is 43.9 cm³/mol. The Labute approximate surface area is 71.3 Å². The summed E-state index contributed by atoms with van der Waals surface area (Å²) >= 11 is 3.01. The SMILES string of the molecule is Nc1ccc(Br)c(C=O)c1F. The van der Waals surface area contributed by atoms with Gasteiger partial charge < -0.3 is 5.73 Å². The number of hydrogen-bond donors (Lipinski definition) is 1. The number of anilines is 1. The molecule has 0 aliphatic heterocycles. The van der Waals surface area contributed by atoms with Crippen molar-refractivity contribution in [1.82, 2.24) is 0 Å². The Morgan fingerprint density at radius 2 is 2.18 bits per heavy atom. The lowest BCUT2D eigenvalue weighted by molar-refractivity contribution is 0.111. The number of nitrogens with two attached hydrogens (primary N) is 1. The molecule has 0 radical (unpaired) electrons. The molecule has 1 aromatic rings. The maximum atomic E-state index is 12.9. The first kappa shape index (κ1) is 8.20. The average molecular weight is 218 g/mol. The maximum absolute atomic E-state index is 12.9. The van der Waals surface area contributed by atoms with E-state index in [1.165, 1.54) is 12.1 Å². The summed E-state index contributed by atoms with van der Waals surface area (Å²) in [6.07, 6.45) is 0.426. The zero-order valence-electron chi connectivity index (χ0n) is 5.47. The van der Waals surface area contributed by atoms with Crippen LogP contribution in [0.1, 0.15) is 10.4 Å². The van der Waals surface area contributed by atoms with Crippen molar-refractivity contribution in [2.45, 2.75) is 0 Å². The molecule has 4 heteroatoms. The van der Waals surface area contributed by atoms with Crippen molar-refractivity contribution in [3.8, 4) is 0 Å². The molecule has 2 nitrogen and oxygen atoms in total. The molecule has 0 bridgehead atoms. The molecule has 0 amide bonds. The molecule has 58 valence electrons. The van der Waals surface area contributed by atoms with Crippen LogP contribution in [0.15, 0.2) is 16.6 Å². The topological polar surface area (TPSA) is 43.1 Å². The van der Waals surface area contributed by atoms with Crippen molar-refractivity contribution in [2.24, 2.45) is 0 Å². The second-order valence-corrected chi connectivity index (χ2v) is 2.84. The summed E-state index contributed by atoms with van der Waals surface area (Å²) in [5.41, 5.74) is 5.16. The van der Waals surface area contributed by atoms with Crippen LogP contribution in [0.3, 0.4) is 0 Å². The van der Waals surface area contributed by atoms with Crippen molar-refractivity contribution >= 4 is 27.9 Å². The molecule has 0 unspecified atom stereocenters. The lowest BCUT2D eigenvalue weighted by atomic mass is 10.2. The number of hydrogen-bond acceptors (Lipinski definition) is 2. The second-order valence-electron chi connectivity index (χ2n) is 1.98. The molecule has 0 spiro atoms. The average Bonchev–Trinajstić information content (AvgIpc) is 1.99. The monoisotopic (exact) mass is 217 g/mol. The zero-order chi connectivity index (χ0) is 8.43. The molecule has 1 rings (SSSR count). The maximum Gasteiger partial charge on any atom is 0.157 e. The predicted octanol–water partition coefficient (Wildman–Crippen LogP) is 1.98. The normalized spacial score (nSPS) is 9.64. The molecular formula is C7H5BrFNO. The minimum Gasteiger partial charge on any atom is -0.396 e. The van der Waals surface area contributed by atoms with Crippen LogP contribution >= 0.6 is 15.9 Å². The quantitative estimate of drug-likeness (QED) is 0.578. The first-order chi connectivity index (χ1) is 5.16. The van der Waals surface area contributed by atoms with Crippen molar-refractivity contribution in [3.63, 3.8) is 0 Å². The Morgan fingerprint density at radius 1 is 1.55 bits per heavy atom. The Hall–Kier alpha value is -0.900. The fourth-order valence-corrected chi connectivity index (χ4v) is 1.09. The molecule has 0 heterocycles. The second kappa shape index (κ2) is 3.00. The Kier molecular flexibility index (Phi) is 2.24. The summed E-state index contributed by atoms with van der Waals surface area (Å²) in [6, 6.07) is 2.93. The van der Waals surface area contributed by atoms with Crippen LogP contribution in [-0.4, -0.2) is 6.29 Å². The molecule has 0 saturated carbocycles.